The number of anilines is 2. The number of amides is 2. The smallest absolute Gasteiger partial charge is 0.258 e. The van der Waals surface area contributed by atoms with Gasteiger partial charge in [-0.05, 0) is 61.1 Å². The van der Waals surface area contributed by atoms with E-state index >= 15 is 0 Å². The van der Waals surface area contributed by atoms with Gasteiger partial charge in [-0.1, -0.05) is 54.6 Å². The molecule has 0 atom stereocenters. The van der Waals surface area contributed by atoms with Crippen LogP contribution in [0.5, 0.6) is 0 Å². The van der Waals surface area contributed by atoms with E-state index in [1.807, 2.05) is 71.6 Å². The molecule has 3 aromatic rings. The molecule has 30 heavy (non-hydrogen) atoms. The van der Waals surface area contributed by atoms with Crippen molar-refractivity contribution in [3.63, 3.8) is 0 Å². The number of nitrogens with one attached hydrogen (secondary N) is 1. The molecule has 0 aromatic heterocycles. The Morgan fingerprint density at radius 1 is 0.900 bits per heavy atom. The summed E-state index contributed by atoms with van der Waals surface area (Å²) in [5.74, 6) is 0.00511. The van der Waals surface area contributed by atoms with E-state index in [1.165, 1.54) is 5.56 Å². The van der Waals surface area contributed by atoms with E-state index in [4.69, 9.17) is 0 Å². The summed E-state index contributed by atoms with van der Waals surface area (Å²) in [4.78, 5) is 27.3. The molecule has 4 heteroatoms. The number of rotatable bonds is 6. The van der Waals surface area contributed by atoms with Crippen LogP contribution in [-0.2, 0) is 17.6 Å². The van der Waals surface area contributed by atoms with Gasteiger partial charge < -0.3 is 10.2 Å². The largest absolute Gasteiger partial charge is 0.326 e. The highest BCUT2D eigenvalue weighted by atomic mass is 16.2. The number of aryl methyl sites for hydroxylation is 2. The quantitative estimate of drug-likeness (QED) is 0.617. The van der Waals surface area contributed by atoms with Crippen molar-refractivity contribution in [2.45, 2.75) is 32.1 Å². The van der Waals surface area contributed by atoms with Crippen molar-refractivity contribution in [1.82, 2.24) is 0 Å². The average molecular weight is 399 g/mol. The maximum absolute atomic E-state index is 13.0. The van der Waals surface area contributed by atoms with Gasteiger partial charge >= 0.3 is 0 Å². The van der Waals surface area contributed by atoms with E-state index in [0.29, 0.717) is 18.5 Å². The molecule has 0 fully saturated rings. The van der Waals surface area contributed by atoms with Gasteiger partial charge in [0, 0.05) is 29.9 Å². The predicted octanol–water partition coefficient (Wildman–Crippen LogP) is 5.24. The maximum Gasteiger partial charge on any atom is 0.258 e. The summed E-state index contributed by atoms with van der Waals surface area (Å²) >= 11 is 0. The Morgan fingerprint density at radius 2 is 1.63 bits per heavy atom. The predicted molar refractivity (Wildman–Crippen MR) is 121 cm³/mol. The summed E-state index contributed by atoms with van der Waals surface area (Å²) in [6.45, 7) is 0.690. The first kappa shape index (κ1) is 19.9. The van der Waals surface area contributed by atoms with E-state index in [1.54, 1.807) is 0 Å². The fourth-order valence-corrected chi connectivity index (χ4v) is 3.92. The summed E-state index contributed by atoms with van der Waals surface area (Å²) in [7, 11) is 0. The number of hydrogen-bond acceptors (Lipinski definition) is 2. The molecule has 3 aromatic carbocycles. The van der Waals surface area contributed by atoms with Gasteiger partial charge in [-0.2, -0.15) is 0 Å². The SMILES string of the molecule is O=C(CCCc1ccccc1)Nc1ccc2c(c1)N(C(=O)c1ccccc1)CCC2. The minimum atomic E-state index is 0.00243. The van der Waals surface area contributed by atoms with E-state index < -0.39 is 0 Å². The van der Waals surface area contributed by atoms with E-state index in [2.05, 4.69) is 17.4 Å². The number of carbonyl (C=O) groups excluding carboxylic acids is 2. The first-order chi connectivity index (χ1) is 14.7. The number of nitrogens with zero attached hydrogens (tertiary/aromatic N) is 1. The topological polar surface area (TPSA) is 49.4 Å². The van der Waals surface area contributed by atoms with Crippen molar-refractivity contribution in [2.24, 2.45) is 0 Å². The Kier molecular flexibility index (Phi) is 6.23. The highest BCUT2D eigenvalue weighted by Gasteiger charge is 2.24. The lowest BCUT2D eigenvalue weighted by atomic mass is 10.00. The molecule has 0 radical (unpaired) electrons. The average Bonchev–Trinajstić information content (AvgIpc) is 2.79. The van der Waals surface area contributed by atoms with Crippen molar-refractivity contribution < 1.29 is 9.59 Å². The number of hydrogen-bond donors (Lipinski definition) is 1. The van der Waals surface area contributed by atoms with Crippen molar-refractivity contribution >= 4 is 23.2 Å². The van der Waals surface area contributed by atoms with Crippen LogP contribution in [-0.4, -0.2) is 18.4 Å². The third-order valence-electron chi connectivity index (χ3n) is 5.47. The lowest BCUT2D eigenvalue weighted by Gasteiger charge is -2.30. The van der Waals surface area contributed by atoms with Crippen molar-refractivity contribution in [3.8, 4) is 0 Å². The van der Waals surface area contributed by atoms with Crippen molar-refractivity contribution in [1.29, 1.82) is 0 Å². The molecule has 0 aliphatic carbocycles. The van der Waals surface area contributed by atoms with Crippen LogP contribution in [0.2, 0.25) is 0 Å². The van der Waals surface area contributed by atoms with Crippen LogP contribution < -0.4 is 10.2 Å². The summed E-state index contributed by atoms with van der Waals surface area (Å²) in [5, 5.41) is 3.00. The summed E-state index contributed by atoms with van der Waals surface area (Å²) in [5.41, 5.74) is 4.71. The fourth-order valence-electron chi connectivity index (χ4n) is 3.92. The molecule has 1 N–H and O–H groups in total. The van der Waals surface area contributed by atoms with Crippen LogP contribution in [0.15, 0.2) is 78.9 Å². The molecule has 0 spiro atoms. The molecule has 0 saturated heterocycles. The summed E-state index contributed by atoms with van der Waals surface area (Å²) in [6.07, 6.45) is 4.05. The zero-order valence-electron chi connectivity index (χ0n) is 17.0. The Hall–Kier alpha value is -3.40. The minimum Gasteiger partial charge on any atom is -0.326 e. The zero-order chi connectivity index (χ0) is 20.8. The third-order valence-corrected chi connectivity index (χ3v) is 5.47. The molecule has 152 valence electrons. The Balaban J connectivity index is 1.42. The second kappa shape index (κ2) is 9.40. The molecule has 0 unspecified atom stereocenters. The van der Waals surface area contributed by atoms with Gasteiger partial charge in [0.2, 0.25) is 5.91 Å². The third kappa shape index (κ3) is 4.77. The molecular formula is C26H26N2O2. The van der Waals surface area contributed by atoms with Gasteiger partial charge in [0.15, 0.2) is 0 Å². The van der Waals surface area contributed by atoms with Crippen molar-refractivity contribution in [2.75, 3.05) is 16.8 Å². The van der Waals surface area contributed by atoms with E-state index in [9.17, 15) is 9.59 Å². The van der Waals surface area contributed by atoms with Crippen LogP contribution >= 0.6 is 0 Å². The number of benzene rings is 3. The molecule has 4 nitrogen and oxygen atoms in total. The van der Waals surface area contributed by atoms with Crippen LogP contribution in [0.25, 0.3) is 0 Å². The van der Waals surface area contributed by atoms with E-state index in [-0.39, 0.29) is 11.8 Å². The Bertz CT molecular complexity index is 1020. The number of fused-ring (bicyclic) bond motifs is 1. The molecular weight excluding hydrogens is 372 g/mol. The Morgan fingerprint density at radius 3 is 2.40 bits per heavy atom. The monoisotopic (exact) mass is 398 g/mol. The normalized spacial score (nSPS) is 12.9. The van der Waals surface area contributed by atoms with E-state index in [0.717, 1.165) is 42.6 Å². The minimum absolute atomic E-state index is 0.00243. The highest BCUT2D eigenvalue weighted by Crippen LogP contribution is 2.31. The van der Waals surface area contributed by atoms with Crippen LogP contribution in [0.3, 0.4) is 0 Å². The first-order valence-corrected chi connectivity index (χ1v) is 10.5. The van der Waals surface area contributed by atoms with Gasteiger partial charge in [0.1, 0.15) is 0 Å². The van der Waals surface area contributed by atoms with Crippen molar-refractivity contribution in [3.05, 3.63) is 95.6 Å². The second-order valence-corrected chi connectivity index (χ2v) is 7.66. The molecule has 1 heterocycles. The standard InChI is InChI=1S/C26H26N2O2/c29-25(15-7-11-20-9-3-1-4-10-20)27-23-17-16-21-14-8-18-28(24(21)19-23)26(30)22-12-5-2-6-13-22/h1-6,9-10,12-13,16-17,19H,7-8,11,14-15,18H2,(H,27,29). The van der Waals surface area contributed by atoms with Gasteiger partial charge in [-0.25, -0.2) is 0 Å². The van der Waals surface area contributed by atoms with Crippen LogP contribution in [0.4, 0.5) is 11.4 Å². The molecule has 4 rings (SSSR count). The second-order valence-electron chi connectivity index (χ2n) is 7.66. The molecule has 1 aliphatic heterocycles. The van der Waals surface area contributed by atoms with Gasteiger partial charge in [-0.3, -0.25) is 9.59 Å². The van der Waals surface area contributed by atoms with Gasteiger partial charge in [0.05, 0.1) is 0 Å². The first-order valence-electron chi connectivity index (χ1n) is 10.5. The molecule has 1 aliphatic rings. The maximum atomic E-state index is 13.0. The fraction of sp³-hybridized carbons (Fsp3) is 0.231. The molecule has 0 bridgehead atoms. The highest BCUT2D eigenvalue weighted by molar-refractivity contribution is 6.07. The Labute approximate surface area is 177 Å². The molecule has 2 amide bonds. The van der Waals surface area contributed by atoms with Crippen LogP contribution in [0, 0.1) is 0 Å². The molecule has 0 saturated carbocycles. The zero-order valence-corrected chi connectivity index (χ0v) is 17.0. The number of carbonyl (C=O) groups is 2. The van der Waals surface area contributed by atoms with Gasteiger partial charge in [-0.15, -0.1) is 0 Å². The van der Waals surface area contributed by atoms with Gasteiger partial charge in [0.25, 0.3) is 5.91 Å². The van der Waals surface area contributed by atoms with Crippen LogP contribution in [0.1, 0.15) is 40.7 Å². The lowest BCUT2D eigenvalue weighted by molar-refractivity contribution is -0.116. The summed E-state index contributed by atoms with van der Waals surface area (Å²) in [6, 6.07) is 25.5. The summed E-state index contributed by atoms with van der Waals surface area (Å²) < 4.78 is 0. The lowest BCUT2D eigenvalue weighted by Crippen LogP contribution is -2.35.